The number of carbonyl (C=O) groups is 1. The number of hydrogen-bond donors (Lipinski definition) is 1. The molecule has 0 saturated heterocycles. The summed E-state index contributed by atoms with van der Waals surface area (Å²) in [5, 5.41) is 16.9. The lowest BCUT2D eigenvalue weighted by Gasteiger charge is -2.11. The second kappa shape index (κ2) is 8.28. The molecule has 0 aliphatic heterocycles. The average Bonchev–Trinajstić information content (AvgIpc) is 2.76. The quantitative estimate of drug-likeness (QED) is 0.246. The number of anilines is 1. The number of halogens is 1. The lowest BCUT2D eigenvalue weighted by molar-refractivity contribution is -0.112. The first kappa shape index (κ1) is 19.5. The minimum Gasteiger partial charge on any atom is -0.495 e. The van der Waals surface area contributed by atoms with Gasteiger partial charge in [0.2, 0.25) is 0 Å². The molecule has 0 heterocycles. The van der Waals surface area contributed by atoms with Gasteiger partial charge < -0.3 is 10.1 Å². The van der Waals surface area contributed by atoms with Crippen LogP contribution in [0.1, 0.15) is 5.56 Å². The predicted molar refractivity (Wildman–Crippen MR) is 122 cm³/mol. The molecular formula is C25H17ClN2O2. The van der Waals surface area contributed by atoms with Gasteiger partial charge in [-0.05, 0) is 57.4 Å². The van der Waals surface area contributed by atoms with Crippen LogP contribution in [0.15, 0.2) is 78.4 Å². The number of benzene rings is 4. The SMILES string of the molecule is COc1ccc(Cl)cc1NC(=O)/C(C#N)=C/c1c2ccccc2cc2ccccc12. The van der Waals surface area contributed by atoms with Crippen LogP contribution in [-0.4, -0.2) is 13.0 Å². The highest BCUT2D eigenvalue weighted by atomic mass is 35.5. The highest BCUT2D eigenvalue weighted by Gasteiger charge is 2.15. The number of nitrogens with one attached hydrogen (secondary N) is 1. The number of ether oxygens (including phenoxy) is 1. The van der Waals surface area contributed by atoms with E-state index in [0.717, 1.165) is 27.1 Å². The predicted octanol–water partition coefficient (Wildman–Crippen LogP) is 6.20. The maximum absolute atomic E-state index is 12.9. The Bertz CT molecular complexity index is 1300. The van der Waals surface area contributed by atoms with E-state index in [0.29, 0.717) is 16.5 Å². The summed E-state index contributed by atoms with van der Waals surface area (Å²) in [5.74, 6) is -0.0734. The van der Waals surface area contributed by atoms with Gasteiger partial charge in [0.1, 0.15) is 17.4 Å². The summed E-state index contributed by atoms with van der Waals surface area (Å²) in [6.45, 7) is 0. The first-order valence-electron chi connectivity index (χ1n) is 9.28. The fourth-order valence-corrected chi connectivity index (χ4v) is 3.64. The van der Waals surface area contributed by atoms with Gasteiger partial charge in [-0.2, -0.15) is 5.26 Å². The summed E-state index contributed by atoms with van der Waals surface area (Å²) < 4.78 is 5.27. The molecule has 0 aromatic heterocycles. The summed E-state index contributed by atoms with van der Waals surface area (Å²) in [5.41, 5.74) is 1.21. The molecular weight excluding hydrogens is 396 g/mol. The third-order valence-corrected chi connectivity index (χ3v) is 5.11. The number of fused-ring (bicyclic) bond motifs is 2. The Hall–Kier alpha value is -3.81. The summed E-state index contributed by atoms with van der Waals surface area (Å²) in [6.07, 6.45) is 1.64. The highest BCUT2D eigenvalue weighted by Crippen LogP contribution is 2.31. The molecule has 0 spiro atoms. The number of hydrogen-bond acceptors (Lipinski definition) is 3. The van der Waals surface area contributed by atoms with Crippen molar-refractivity contribution in [2.45, 2.75) is 0 Å². The van der Waals surface area contributed by atoms with Gasteiger partial charge in [0.15, 0.2) is 0 Å². The first-order chi connectivity index (χ1) is 14.6. The Morgan fingerprint density at radius 1 is 1.00 bits per heavy atom. The molecule has 146 valence electrons. The van der Waals surface area contributed by atoms with Gasteiger partial charge in [0.25, 0.3) is 5.91 Å². The minimum absolute atomic E-state index is 0.0152. The second-order valence-electron chi connectivity index (χ2n) is 6.70. The molecule has 0 fully saturated rings. The molecule has 4 nitrogen and oxygen atoms in total. The molecule has 0 atom stereocenters. The lowest BCUT2D eigenvalue weighted by Crippen LogP contribution is -2.14. The summed E-state index contributed by atoms with van der Waals surface area (Å²) in [7, 11) is 1.50. The third kappa shape index (κ3) is 3.71. The Balaban J connectivity index is 1.83. The smallest absolute Gasteiger partial charge is 0.266 e. The van der Waals surface area contributed by atoms with Crippen molar-refractivity contribution in [3.63, 3.8) is 0 Å². The van der Waals surface area contributed by atoms with Crippen LogP contribution in [0.2, 0.25) is 5.02 Å². The van der Waals surface area contributed by atoms with E-state index < -0.39 is 5.91 Å². The van der Waals surface area contributed by atoms with Crippen LogP contribution in [0.5, 0.6) is 5.75 Å². The number of amides is 1. The van der Waals surface area contributed by atoms with Crippen molar-refractivity contribution in [2.75, 3.05) is 12.4 Å². The molecule has 4 rings (SSSR count). The van der Waals surface area contributed by atoms with Crippen molar-refractivity contribution in [3.05, 3.63) is 89.0 Å². The molecule has 0 unspecified atom stereocenters. The molecule has 1 amide bonds. The highest BCUT2D eigenvalue weighted by molar-refractivity contribution is 6.31. The monoisotopic (exact) mass is 412 g/mol. The molecule has 0 bridgehead atoms. The molecule has 30 heavy (non-hydrogen) atoms. The normalized spacial score (nSPS) is 11.3. The molecule has 0 aliphatic carbocycles. The number of rotatable bonds is 4. The van der Waals surface area contributed by atoms with Crippen LogP contribution in [0.25, 0.3) is 27.6 Å². The molecule has 0 aliphatic rings. The van der Waals surface area contributed by atoms with E-state index in [1.165, 1.54) is 7.11 Å². The van der Waals surface area contributed by atoms with Gasteiger partial charge in [-0.3, -0.25) is 4.79 Å². The maximum Gasteiger partial charge on any atom is 0.266 e. The van der Waals surface area contributed by atoms with Crippen LogP contribution in [0.3, 0.4) is 0 Å². The molecule has 1 N–H and O–H groups in total. The van der Waals surface area contributed by atoms with Gasteiger partial charge in [-0.15, -0.1) is 0 Å². The Morgan fingerprint density at radius 2 is 1.63 bits per heavy atom. The topological polar surface area (TPSA) is 62.1 Å². The maximum atomic E-state index is 12.9. The molecule has 0 radical (unpaired) electrons. The zero-order valence-corrected chi connectivity index (χ0v) is 16.9. The largest absolute Gasteiger partial charge is 0.495 e. The molecule has 4 aromatic carbocycles. The first-order valence-corrected chi connectivity index (χ1v) is 9.65. The van der Waals surface area contributed by atoms with Crippen molar-refractivity contribution in [1.29, 1.82) is 5.26 Å². The number of nitrogens with zero attached hydrogens (tertiary/aromatic N) is 1. The van der Waals surface area contributed by atoms with Gasteiger partial charge in [-0.1, -0.05) is 60.1 Å². The van der Waals surface area contributed by atoms with Crippen LogP contribution < -0.4 is 10.1 Å². The lowest BCUT2D eigenvalue weighted by atomic mass is 9.95. The fourth-order valence-electron chi connectivity index (χ4n) is 3.46. The zero-order chi connectivity index (χ0) is 21.1. The van der Waals surface area contributed by atoms with Crippen LogP contribution >= 0.6 is 11.6 Å². The van der Waals surface area contributed by atoms with Gasteiger partial charge in [0.05, 0.1) is 12.8 Å². The Kier molecular flexibility index (Phi) is 5.38. The molecule has 5 heteroatoms. The Labute approximate surface area is 179 Å². The van der Waals surface area contributed by atoms with E-state index in [1.54, 1.807) is 24.3 Å². The summed E-state index contributed by atoms with van der Waals surface area (Å²) >= 11 is 6.04. The van der Waals surface area contributed by atoms with E-state index in [9.17, 15) is 10.1 Å². The standard InChI is InChI=1S/C25H17ClN2O2/c1-30-24-11-10-19(26)14-23(24)28-25(29)18(15-27)13-22-20-8-4-2-6-16(20)12-17-7-3-5-9-21(17)22/h2-14H,1H3,(H,28,29)/b18-13+. The number of methoxy groups -OCH3 is 1. The number of nitriles is 1. The second-order valence-corrected chi connectivity index (χ2v) is 7.14. The average molecular weight is 413 g/mol. The van der Waals surface area contributed by atoms with E-state index in [2.05, 4.69) is 11.4 Å². The van der Waals surface area contributed by atoms with Gasteiger partial charge in [-0.25, -0.2) is 0 Å². The minimum atomic E-state index is -0.532. The fraction of sp³-hybridized carbons (Fsp3) is 0.0400. The van der Waals surface area contributed by atoms with E-state index in [4.69, 9.17) is 16.3 Å². The Morgan fingerprint density at radius 3 is 2.23 bits per heavy atom. The van der Waals surface area contributed by atoms with Crippen molar-refractivity contribution in [1.82, 2.24) is 0 Å². The number of carbonyl (C=O) groups excluding carboxylic acids is 1. The van der Waals surface area contributed by atoms with Crippen LogP contribution in [-0.2, 0) is 4.79 Å². The third-order valence-electron chi connectivity index (χ3n) is 4.88. The van der Waals surface area contributed by atoms with Crippen LogP contribution in [0, 0.1) is 11.3 Å². The van der Waals surface area contributed by atoms with Crippen LogP contribution in [0.4, 0.5) is 5.69 Å². The van der Waals surface area contributed by atoms with E-state index in [1.807, 2.05) is 54.6 Å². The summed E-state index contributed by atoms with van der Waals surface area (Å²) in [6, 6.07) is 24.9. The summed E-state index contributed by atoms with van der Waals surface area (Å²) in [4.78, 5) is 12.9. The van der Waals surface area contributed by atoms with Gasteiger partial charge >= 0.3 is 0 Å². The van der Waals surface area contributed by atoms with Crippen molar-refractivity contribution in [2.24, 2.45) is 0 Å². The van der Waals surface area contributed by atoms with Gasteiger partial charge in [0, 0.05) is 5.02 Å². The van der Waals surface area contributed by atoms with E-state index in [-0.39, 0.29) is 5.57 Å². The van der Waals surface area contributed by atoms with Crippen molar-refractivity contribution >= 4 is 50.8 Å². The van der Waals surface area contributed by atoms with E-state index >= 15 is 0 Å². The molecule has 4 aromatic rings. The van der Waals surface area contributed by atoms with Crippen molar-refractivity contribution < 1.29 is 9.53 Å². The molecule has 0 saturated carbocycles. The zero-order valence-electron chi connectivity index (χ0n) is 16.1. The van der Waals surface area contributed by atoms with Crippen molar-refractivity contribution in [3.8, 4) is 11.8 Å².